The van der Waals surface area contributed by atoms with Crippen LogP contribution < -0.4 is 4.90 Å². The molecule has 0 bridgehead atoms. The van der Waals surface area contributed by atoms with Crippen molar-refractivity contribution in [1.29, 1.82) is 0 Å². The highest BCUT2D eigenvalue weighted by atomic mass is 35.5. The van der Waals surface area contributed by atoms with Gasteiger partial charge in [0.2, 0.25) is 0 Å². The second-order valence-electron chi connectivity index (χ2n) is 7.39. The fraction of sp³-hybridized carbons (Fsp3) is 0.167. The largest absolute Gasteiger partial charge is 0.465 e. The Morgan fingerprint density at radius 2 is 1.97 bits per heavy atom. The van der Waals surface area contributed by atoms with Crippen LogP contribution in [0.15, 0.2) is 71.4 Å². The van der Waals surface area contributed by atoms with Crippen molar-refractivity contribution in [3.8, 4) is 0 Å². The van der Waals surface area contributed by atoms with E-state index in [-0.39, 0.29) is 13.0 Å². The van der Waals surface area contributed by atoms with Crippen molar-refractivity contribution in [1.82, 2.24) is 0 Å². The van der Waals surface area contributed by atoms with Crippen molar-refractivity contribution in [3.05, 3.63) is 94.4 Å². The van der Waals surface area contributed by atoms with Crippen LogP contribution in [0.4, 0.5) is 5.69 Å². The van der Waals surface area contributed by atoms with E-state index in [1.54, 1.807) is 30.3 Å². The van der Waals surface area contributed by atoms with Crippen LogP contribution in [-0.4, -0.2) is 16.8 Å². The summed E-state index contributed by atoms with van der Waals surface area (Å²) in [4.78, 5) is 27.3. The first-order chi connectivity index (χ1) is 14.4. The number of furan rings is 1. The van der Waals surface area contributed by atoms with E-state index in [2.05, 4.69) is 0 Å². The van der Waals surface area contributed by atoms with Gasteiger partial charge < -0.3 is 14.4 Å². The van der Waals surface area contributed by atoms with Crippen molar-refractivity contribution >= 4 is 35.1 Å². The van der Waals surface area contributed by atoms with Gasteiger partial charge in [-0.05, 0) is 55.0 Å². The highest BCUT2D eigenvalue weighted by Gasteiger charge is 2.50. The van der Waals surface area contributed by atoms with Gasteiger partial charge in [0.05, 0.1) is 24.9 Å². The second kappa shape index (κ2) is 7.94. The number of amides is 1. The van der Waals surface area contributed by atoms with E-state index in [0.29, 0.717) is 22.0 Å². The van der Waals surface area contributed by atoms with Crippen LogP contribution in [0.1, 0.15) is 28.9 Å². The van der Waals surface area contributed by atoms with Gasteiger partial charge in [-0.3, -0.25) is 9.59 Å². The van der Waals surface area contributed by atoms with Crippen LogP contribution in [0, 0.1) is 6.92 Å². The number of carbonyl (C=O) groups excluding carboxylic acids is 2. The minimum atomic E-state index is -1.98. The fourth-order valence-electron chi connectivity index (χ4n) is 3.60. The van der Waals surface area contributed by atoms with Gasteiger partial charge in [-0.15, -0.1) is 0 Å². The molecule has 3 aromatic rings. The molecule has 4 rings (SSSR count). The fourth-order valence-corrected chi connectivity index (χ4v) is 3.77. The van der Waals surface area contributed by atoms with Crippen LogP contribution in [0.5, 0.6) is 0 Å². The smallest absolute Gasteiger partial charge is 0.264 e. The molecular formula is C24H20ClNO4. The normalized spacial score (nSPS) is 18.2. The van der Waals surface area contributed by atoms with Crippen LogP contribution in [-0.2, 0) is 21.7 Å². The van der Waals surface area contributed by atoms with Crippen molar-refractivity contribution < 1.29 is 19.1 Å². The molecule has 1 atom stereocenters. The Morgan fingerprint density at radius 1 is 1.20 bits per heavy atom. The minimum Gasteiger partial charge on any atom is -0.465 e. The molecule has 1 N–H and O–H groups in total. The number of benzene rings is 2. The highest BCUT2D eigenvalue weighted by Crippen LogP contribution is 2.44. The lowest BCUT2D eigenvalue weighted by atomic mass is 9.90. The van der Waals surface area contributed by atoms with Gasteiger partial charge in [0.15, 0.2) is 11.4 Å². The average Bonchev–Trinajstić information content (AvgIpc) is 3.30. The summed E-state index contributed by atoms with van der Waals surface area (Å²) in [6, 6.07) is 16.1. The Labute approximate surface area is 179 Å². The number of hydrogen-bond acceptors (Lipinski definition) is 4. The Bertz CT molecular complexity index is 1120. The summed E-state index contributed by atoms with van der Waals surface area (Å²) in [5, 5.41) is 11.7. The molecule has 6 heteroatoms. The number of nitrogens with zero attached hydrogens (tertiary/aromatic N) is 1. The predicted molar refractivity (Wildman–Crippen MR) is 115 cm³/mol. The lowest BCUT2D eigenvalue weighted by Gasteiger charge is -2.22. The molecule has 0 saturated heterocycles. The zero-order valence-electron chi connectivity index (χ0n) is 16.3. The van der Waals surface area contributed by atoms with Gasteiger partial charge in [-0.25, -0.2) is 0 Å². The van der Waals surface area contributed by atoms with E-state index in [0.717, 1.165) is 11.1 Å². The molecule has 1 aromatic heterocycles. The second-order valence-corrected chi connectivity index (χ2v) is 7.83. The summed E-state index contributed by atoms with van der Waals surface area (Å²) in [6.07, 6.45) is 3.92. The number of fused-ring (bicyclic) bond motifs is 1. The maximum Gasteiger partial charge on any atom is 0.264 e. The number of rotatable bonds is 6. The predicted octanol–water partition coefficient (Wildman–Crippen LogP) is 4.65. The van der Waals surface area contributed by atoms with E-state index in [4.69, 9.17) is 16.0 Å². The van der Waals surface area contributed by atoms with Gasteiger partial charge >= 0.3 is 0 Å². The van der Waals surface area contributed by atoms with E-state index < -0.39 is 17.3 Å². The first kappa shape index (κ1) is 20.1. The molecule has 0 saturated carbocycles. The Hall–Kier alpha value is -3.15. The van der Waals surface area contributed by atoms with Gasteiger partial charge in [0.1, 0.15) is 5.76 Å². The van der Waals surface area contributed by atoms with Crippen LogP contribution in [0.25, 0.3) is 6.08 Å². The van der Waals surface area contributed by atoms with Crippen LogP contribution in [0.3, 0.4) is 0 Å². The van der Waals surface area contributed by atoms with Crippen LogP contribution >= 0.6 is 11.6 Å². The first-order valence-corrected chi connectivity index (χ1v) is 9.89. The average molecular weight is 422 g/mol. The zero-order chi connectivity index (χ0) is 21.3. The van der Waals surface area contributed by atoms with Gasteiger partial charge in [0, 0.05) is 10.6 Å². The molecule has 5 nitrogen and oxygen atoms in total. The lowest BCUT2D eigenvalue weighted by molar-refractivity contribution is -0.140. The first-order valence-electron chi connectivity index (χ1n) is 9.51. The summed E-state index contributed by atoms with van der Waals surface area (Å²) in [7, 11) is 0. The highest BCUT2D eigenvalue weighted by molar-refractivity contribution is 6.31. The van der Waals surface area contributed by atoms with Gasteiger partial charge in [-0.2, -0.15) is 0 Å². The third-order valence-corrected chi connectivity index (χ3v) is 5.40. The molecule has 0 unspecified atom stereocenters. The number of carbonyl (C=O) groups is 2. The van der Waals surface area contributed by atoms with E-state index in [9.17, 15) is 14.7 Å². The number of hydrogen-bond donors (Lipinski definition) is 1. The zero-order valence-corrected chi connectivity index (χ0v) is 17.1. The Morgan fingerprint density at radius 3 is 2.67 bits per heavy atom. The summed E-state index contributed by atoms with van der Waals surface area (Å²) in [5.74, 6) is -0.428. The lowest BCUT2D eigenvalue weighted by Crippen LogP contribution is -2.41. The Kier molecular flexibility index (Phi) is 5.33. The SMILES string of the molecule is Cc1ccc(CN2C(=O)[C@](O)(CC(=O)/C=C\c3ccco3)c3cc(Cl)ccc32)cc1. The Balaban J connectivity index is 1.64. The number of aliphatic hydroxyl groups is 1. The molecule has 1 aliphatic heterocycles. The molecule has 2 heterocycles. The van der Waals surface area contributed by atoms with Crippen molar-refractivity contribution in [2.75, 3.05) is 4.90 Å². The molecule has 1 aliphatic rings. The summed E-state index contributed by atoms with van der Waals surface area (Å²) >= 11 is 6.14. The maximum absolute atomic E-state index is 13.3. The summed E-state index contributed by atoms with van der Waals surface area (Å²) in [6.45, 7) is 2.27. The summed E-state index contributed by atoms with van der Waals surface area (Å²) in [5.41, 5.74) is 0.949. The third kappa shape index (κ3) is 3.82. The van der Waals surface area contributed by atoms with Gasteiger partial charge in [0.25, 0.3) is 5.91 Å². The molecule has 30 heavy (non-hydrogen) atoms. The van der Waals surface area contributed by atoms with E-state index in [1.165, 1.54) is 23.3 Å². The third-order valence-electron chi connectivity index (χ3n) is 5.16. The molecular weight excluding hydrogens is 402 g/mol. The molecule has 1 amide bonds. The molecule has 0 aliphatic carbocycles. The molecule has 0 spiro atoms. The number of ketones is 1. The standard InChI is InChI=1S/C24H20ClNO4/c1-16-4-6-17(7-5-16)15-26-22-11-8-18(25)13-21(22)24(29,23(26)28)14-19(27)9-10-20-3-2-12-30-20/h2-13,29H,14-15H2,1H3/b10-9-/t24-/m0/s1. The quantitative estimate of drug-likeness (QED) is 0.588. The monoisotopic (exact) mass is 421 g/mol. The van der Waals surface area contributed by atoms with Crippen LogP contribution in [0.2, 0.25) is 5.02 Å². The minimum absolute atomic E-state index is 0.284. The van der Waals surface area contributed by atoms with Crippen molar-refractivity contribution in [2.45, 2.75) is 25.5 Å². The van der Waals surface area contributed by atoms with Gasteiger partial charge in [-0.1, -0.05) is 41.4 Å². The number of allylic oxidation sites excluding steroid dienone is 1. The number of halogens is 1. The topological polar surface area (TPSA) is 70.8 Å². The van der Waals surface area contributed by atoms with Crippen molar-refractivity contribution in [2.24, 2.45) is 0 Å². The van der Waals surface area contributed by atoms with E-state index >= 15 is 0 Å². The molecule has 0 fully saturated rings. The number of anilines is 1. The molecule has 152 valence electrons. The summed E-state index contributed by atoms with van der Waals surface area (Å²) < 4.78 is 5.17. The van der Waals surface area contributed by atoms with E-state index in [1.807, 2.05) is 31.2 Å². The molecule has 0 radical (unpaired) electrons. The number of aryl methyl sites for hydroxylation is 1. The maximum atomic E-state index is 13.3. The molecule has 2 aromatic carbocycles. The van der Waals surface area contributed by atoms with Crippen molar-refractivity contribution in [3.63, 3.8) is 0 Å².